The summed E-state index contributed by atoms with van der Waals surface area (Å²) in [5.74, 6) is 0.0453. The fourth-order valence-electron chi connectivity index (χ4n) is 3.19. The Bertz CT molecular complexity index is 663. The molecule has 1 saturated heterocycles. The molecule has 0 saturated carbocycles. The van der Waals surface area contributed by atoms with Crippen molar-refractivity contribution in [1.29, 1.82) is 0 Å². The molecule has 1 amide bonds. The number of amides is 1. The van der Waals surface area contributed by atoms with E-state index in [1.54, 1.807) is 12.1 Å². The molecule has 0 bridgehead atoms. The summed E-state index contributed by atoms with van der Waals surface area (Å²) < 4.78 is 0. The maximum Gasteiger partial charge on any atom is 0.255 e. The lowest BCUT2D eigenvalue weighted by molar-refractivity contribution is 0.0714. The molecule has 1 aliphatic rings. The largest absolute Gasteiger partial charge is 0.398 e. The third-order valence-electron chi connectivity index (χ3n) is 4.65. The van der Waals surface area contributed by atoms with Crippen molar-refractivity contribution in [2.75, 3.05) is 30.8 Å². The van der Waals surface area contributed by atoms with Gasteiger partial charge in [-0.25, -0.2) is 0 Å². The molecular formula is C19H23N3O. The van der Waals surface area contributed by atoms with Crippen LogP contribution < -0.4 is 10.6 Å². The van der Waals surface area contributed by atoms with E-state index in [0.29, 0.717) is 17.3 Å². The Hall–Kier alpha value is -2.49. The molecule has 0 spiro atoms. The number of carbonyl (C=O) groups excluding carboxylic acids is 1. The number of carbonyl (C=O) groups is 1. The van der Waals surface area contributed by atoms with Crippen LogP contribution in [0.15, 0.2) is 54.6 Å². The van der Waals surface area contributed by atoms with Crippen LogP contribution in [0.25, 0.3) is 0 Å². The van der Waals surface area contributed by atoms with E-state index in [1.807, 2.05) is 23.1 Å². The highest BCUT2D eigenvalue weighted by atomic mass is 16.2. The first-order chi connectivity index (χ1) is 11.2. The lowest BCUT2D eigenvalue weighted by Crippen LogP contribution is -2.45. The lowest BCUT2D eigenvalue weighted by atomic mass is 10.0. The van der Waals surface area contributed by atoms with E-state index in [4.69, 9.17) is 5.73 Å². The molecule has 1 fully saturated rings. The molecule has 2 N–H and O–H groups in total. The number of hydrogen-bond acceptors (Lipinski definition) is 3. The van der Waals surface area contributed by atoms with Crippen molar-refractivity contribution >= 4 is 17.3 Å². The number of nitrogens with two attached hydrogens (primary N) is 1. The zero-order chi connectivity index (χ0) is 16.2. The minimum absolute atomic E-state index is 0.0453. The standard InChI is InChI=1S/C19H23N3O/c1-21(15-7-3-2-4-8-15)16-11-13-22(14-12-16)19(23)17-9-5-6-10-18(17)20/h2-10,16H,11-14,20H2,1H3. The second-order valence-electron chi connectivity index (χ2n) is 6.06. The Balaban J connectivity index is 1.62. The molecule has 3 rings (SSSR count). The van der Waals surface area contributed by atoms with Gasteiger partial charge in [0.2, 0.25) is 0 Å². The summed E-state index contributed by atoms with van der Waals surface area (Å²) in [6, 6.07) is 18.2. The van der Waals surface area contributed by atoms with Crippen LogP contribution in [0.1, 0.15) is 23.2 Å². The van der Waals surface area contributed by atoms with Gasteiger partial charge in [0.15, 0.2) is 0 Å². The number of hydrogen-bond donors (Lipinski definition) is 1. The van der Waals surface area contributed by atoms with Gasteiger partial charge in [0, 0.05) is 37.6 Å². The van der Waals surface area contributed by atoms with E-state index >= 15 is 0 Å². The molecule has 1 aliphatic heterocycles. The lowest BCUT2D eigenvalue weighted by Gasteiger charge is -2.38. The molecule has 2 aromatic carbocycles. The Labute approximate surface area is 137 Å². The van der Waals surface area contributed by atoms with Gasteiger partial charge in [-0.05, 0) is 37.1 Å². The number of anilines is 2. The molecule has 0 aliphatic carbocycles. The van der Waals surface area contributed by atoms with Crippen LogP contribution in [0, 0.1) is 0 Å². The van der Waals surface area contributed by atoms with E-state index in [9.17, 15) is 4.79 Å². The molecule has 4 nitrogen and oxygen atoms in total. The van der Waals surface area contributed by atoms with Gasteiger partial charge < -0.3 is 15.5 Å². The van der Waals surface area contributed by atoms with Crippen LogP contribution in [0.3, 0.4) is 0 Å². The molecule has 0 radical (unpaired) electrons. The van der Waals surface area contributed by atoms with Crippen molar-refractivity contribution in [1.82, 2.24) is 4.90 Å². The third kappa shape index (κ3) is 3.31. The first kappa shape index (κ1) is 15.4. The first-order valence-corrected chi connectivity index (χ1v) is 8.08. The number of piperidine rings is 1. The smallest absolute Gasteiger partial charge is 0.255 e. The maximum atomic E-state index is 12.6. The normalized spacial score (nSPS) is 15.4. The molecule has 0 unspecified atom stereocenters. The molecular weight excluding hydrogens is 286 g/mol. The number of rotatable bonds is 3. The monoisotopic (exact) mass is 309 g/mol. The van der Waals surface area contributed by atoms with Crippen LogP contribution in [0.5, 0.6) is 0 Å². The van der Waals surface area contributed by atoms with Crippen LogP contribution in [-0.4, -0.2) is 37.0 Å². The van der Waals surface area contributed by atoms with Crippen molar-refractivity contribution in [3.8, 4) is 0 Å². The second-order valence-corrected chi connectivity index (χ2v) is 6.06. The highest BCUT2D eigenvalue weighted by molar-refractivity contribution is 5.99. The zero-order valence-corrected chi connectivity index (χ0v) is 13.5. The SMILES string of the molecule is CN(c1ccccc1)C1CCN(C(=O)c2ccccc2N)CC1. The fraction of sp³-hybridized carbons (Fsp3) is 0.316. The second kappa shape index (κ2) is 6.73. The van der Waals surface area contributed by atoms with Gasteiger partial charge in [0.05, 0.1) is 5.56 Å². The summed E-state index contributed by atoms with van der Waals surface area (Å²) in [7, 11) is 2.13. The van der Waals surface area contributed by atoms with Crippen molar-refractivity contribution in [2.45, 2.75) is 18.9 Å². The van der Waals surface area contributed by atoms with Gasteiger partial charge in [-0.3, -0.25) is 4.79 Å². The van der Waals surface area contributed by atoms with E-state index in [-0.39, 0.29) is 5.91 Å². The fourth-order valence-corrected chi connectivity index (χ4v) is 3.19. The summed E-state index contributed by atoms with van der Waals surface area (Å²) in [6.45, 7) is 1.55. The summed E-state index contributed by atoms with van der Waals surface area (Å²) in [6.07, 6.45) is 1.95. The Morgan fingerprint density at radius 1 is 1.04 bits per heavy atom. The van der Waals surface area contributed by atoms with Gasteiger partial charge in [0.1, 0.15) is 0 Å². The van der Waals surface area contributed by atoms with E-state index in [1.165, 1.54) is 5.69 Å². The van der Waals surface area contributed by atoms with E-state index < -0.39 is 0 Å². The molecule has 0 aromatic heterocycles. The highest BCUT2D eigenvalue weighted by Crippen LogP contribution is 2.23. The van der Waals surface area contributed by atoms with Gasteiger partial charge in [-0.1, -0.05) is 30.3 Å². The summed E-state index contributed by atoms with van der Waals surface area (Å²) in [5, 5.41) is 0. The number of nitrogens with zero attached hydrogens (tertiary/aromatic N) is 2. The van der Waals surface area contributed by atoms with Crippen LogP contribution in [0.4, 0.5) is 11.4 Å². The molecule has 120 valence electrons. The van der Waals surface area contributed by atoms with Crippen molar-refractivity contribution in [2.24, 2.45) is 0 Å². The number of likely N-dealkylation sites (tertiary alicyclic amines) is 1. The average Bonchev–Trinajstić information content (AvgIpc) is 2.62. The number of nitrogen functional groups attached to an aromatic ring is 1. The minimum Gasteiger partial charge on any atom is -0.398 e. The van der Waals surface area contributed by atoms with Gasteiger partial charge in [-0.2, -0.15) is 0 Å². The zero-order valence-electron chi connectivity index (χ0n) is 13.5. The van der Waals surface area contributed by atoms with Gasteiger partial charge in [-0.15, -0.1) is 0 Å². The summed E-state index contributed by atoms with van der Waals surface area (Å²) in [5.41, 5.74) is 8.32. The van der Waals surface area contributed by atoms with E-state index in [0.717, 1.165) is 25.9 Å². The minimum atomic E-state index is 0.0453. The van der Waals surface area contributed by atoms with Crippen molar-refractivity contribution in [3.63, 3.8) is 0 Å². The quantitative estimate of drug-likeness (QED) is 0.887. The topological polar surface area (TPSA) is 49.6 Å². The van der Waals surface area contributed by atoms with Crippen LogP contribution in [0.2, 0.25) is 0 Å². The molecule has 1 heterocycles. The van der Waals surface area contributed by atoms with Crippen molar-refractivity contribution in [3.05, 3.63) is 60.2 Å². The van der Waals surface area contributed by atoms with Crippen LogP contribution in [-0.2, 0) is 0 Å². The molecule has 0 atom stereocenters. The third-order valence-corrected chi connectivity index (χ3v) is 4.65. The van der Waals surface area contributed by atoms with Gasteiger partial charge in [0.25, 0.3) is 5.91 Å². The van der Waals surface area contributed by atoms with Gasteiger partial charge >= 0.3 is 0 Å². The Morgan fingerprint density at radius 2 is 1.65 bits per heavy atom. The van der Waals surface area contributed by atoms with E-state index in [2.05, 4.69) is 36.2 Å². The predicted octanol–water partition coefficient (Wildman–Crippen LogP) is 3.01. The molecule has 4 heteroatoms. The van der Waals surface area contributed by atoms with Crippen molar-refractivity contribution < 1.29 is 4.79 Å². The Kier molecular flexibility index (Phi) is 4.51. The summed E-state index contributed by atoms with van der Waals surface area (Å²) in [4.78, 5) is 16.8. The average molecular weight is 309 g/mol. The predicted molar refractivity (Wildman–Crippen MR) is 94.6 cm³/mol. The Morgan fingerprint density at radius 3 is 2.30 bits per heavy atom. The first-order valence-electron chi connectivity index (χ1n) is 8.08. The molecule has 23 heavy (non-hydrogen) atoms. The highest BCUT2D eigenvalue weighted by Gasteiger charge is 2.26. The molecule has 2 aromatic rings. The number of para-hydroxylation sites is 2. The van der Waals surface area contributed by atoms with Crippen LogP contribution >= 0.6 is 0 Å². The number of benzene rings is 2. The maximum absolute atomic E-state index is 12.6. The summed E-state index contributed by atoms with van der Waals surface area (Å²) >= 11 is 0.